The molecule has 1 saturated heterocycles. The van der Waals surface area contributed by atoms with Crippen LogP contribution in [-0.4, -0.2) is 71.1 Å². The molecule has 9 nitrogen and oxygen atoms in total. The standard InChI is InChI=1S/C25H44F3N3O6Si2/c1-15-13-31(20(35)30-17(15)32)16-12-24(36,39(10,11)22(5,6)7)23(37-16,14-29-18(33)25(26,27)28)19(34)38(8,9)21(2,3)4/h13,16,19,34,36H,12,14H2,1-11H3,(H,29,33)(H,30,32,35)/t16-,19?,23-,24-/m1/s1. The van der Waals surface area contributed by atoms with E-state index in [2.05, 4.69) is 4.98 Å². The second kappa shape index (κ2) is 9.96. The molecule has 1 amide bonds. The third-order valence-electron chi connectivity index (χ3n) is 9.71. The number of nitrogens with one attached hydrogen (secondary N) is 2. The van der Waals surface area contributed by atoms with Crippen molar-refractivity contribution >= 4 is 22.1 Å². The fourth-order valence-corrected chi connectivity index (χ4v) is 10.9. The van der Waals surface area contributed by atoms with Crippen LogP contribution >= 0.6 is 0 Å². The highest BCUT2D eigenvalue weighted by Gasteiger charge is 2.73. The van der Waals surface area contributed by atoms with Crippen molar-refractivity contribution in [3.63, 3.8) is 0 Å². The van der Waals surface area contributed by atoms with Gasteiger partial charge in [0.05, 0.1) is 33.6 Å². The highest BCUT2D eigenvalue weighted by molar-refractivity contribution is 6.84. The van der Waals surface area contributed by atoms with Gasteiger partial charge in [-0.25, -0.2) is 4.79 Å². The first-order chi connectivity index (χ1) is 17.2. The molecule has 1 aromatic heterocycles. The van der Waals surface area contributed by atoms with Crippen LogP contribution in [0.3, 0.4) is 0 Å². The molecule has 1 aromatic rings. The van der Waals surface area contributed by atoms with Gasteiger partial charge in [0.25, 0.3) is 5.56 Å². The number of nitrogens with zero attached hydrogens (tertiary/aromatic N) is 1. The monoisotopic (exact) mass is 595 g/mol. The summed E-state index contributed by atoms with van der Waals surface area (Å²) in [4.78, 5) is 39.1. The van der Waals surface area contributed by atoms with Gasteiger partial charge >= 0.3 is 17.8 Å². The summed E-state index contributed by atoms with van der Waals surface area (Å²) in [5.41, 5.74) is -4.83. The van der Waals surface area contributed by atoms with E-state index in [1.807, 2.05) is 73.0 Å². The Hall–Kier alpha value is -1.75. The van der Waals surface area contributed by atoms with E-state index in [0.717, 1.165) is 4.57 Å². The molecule has 4 atom stereocenters. The Morgan fingerprint density at radius 1 is 1.15 bits per heavy atom. The number of rotatable bonds is 6. The summed E-state index contributed by atoms with van der Waals surface area (Å²) >= 11 is 0. The van der Waals surface area contributed by atoms with Gasteiger partial charge in [-0.15, -0.1) is 0 Å². The predicted molar refractivity (Wildman–Crippen MR) is 148 cm³/mol. The molecule has 224 valence electrons. The maximum absolute atomic E-state index is 13.3. The molecule has 0 saturated carbocycles. The van der Waals surface area contributed by atoms with Crippen LogP contribution in [0.25, 0.3) is 0 Å². The third-order valence-corrected chi connectivity index (χ3v) is 21.9. The van der Waals surface area contributed by atoms with Crippen LogP contribution in [0.15, 0.2) is 15.8 Å². The van der Waals surface area contributed by atoms with Gasteiger partial charge < -0.3 is 20.3 Å². The van der Waals surface area contributed by atoms with Crippen LogP contribution in [0.4, 0.5) is 13.2 Å². The molecule has 0 aliphatic carbocycles. The minimum Gasteiger partial charge on any atom is -0.393 e. The van der Waals surface area contributed by atoms with Crippen LogP contribution in [0, 0.1) is 6.92 Å². The summed E-state index contributed by atoms with van der Waals surface area (Å²) in [6.07, 6.45) is -5.43. The van der Waals surface area contributed by atoms with E-state index in [4.69, 9.17) is 4.74 Å². The molecule has 1 aliphatic rings. The fraction of sp³-hybridized carbons (Fsp3) is 0.800. The van der Waals surface area contributed by atoms with Crippen LogP contribution in [0.1, 0.15) is 59.8 Å². The molecule has 0 bridgehead atoms. The zero-order valence-corrected chi connectivity index (χ0v) is 26.8. The Morgan fingerprint density at radius 3 is 2.10 bits per heavy atom. The lowest BCUT2D eigenvalue weighted by Crippen LogP contribution is -2.79. The number of carbonyl (C=O) groups excluding carboxylic acids is 1. The average Bonchev–Trinajstić information content (AvgIpc) is 3.06. The second-order valence-corrected chi connectivity index (χ2v) is 25.0. The number of aryl methyl sites for hydroxylation is 1. The normalized spacial score (nSPS) is 26.0. The number of amides is 1. The Labute approximate surface area is 229 Å². The number of aliphatic hydroxyl groups excluding tert-OH is 1. The highest BCUT2D eigenvalue weighted by Crippen LogP contribution is 2.58. The molecule has 2 heterocycles. The SMILES string of the molecule is Cc1cn([C@H]2C[C@@](O)([Si](C)(C)C(C)(C)C)[C@@](CNC(=O)C(F)(F)F)(C(O)[Si](C)(C)C(C)(C)C)O2)c(=O)[nH]c1=O. The first-order valence-corrected chi connectivity index (χ1v) is 19.0. The molecule has 1 aliphatic heterocycles. The Bertz CT molecular complexity index is 1220. The molecule has 0 spiro atoms. The average molecular weight is 596 g/mol. The minimum absolute atomic E-state index is 0.182. The van der Waals surface area contributed by atoms with Gasteiger partial charge in [-0.2, -0.15) is 13.2 Å². The van der Waals surface area contributed by atoms with Crippen LogP contribution in [0.5, 0.6) is 0 Å². The van der Waals surface area contributed by atoms with Crippen molar-refractivity contribution in [2.75, 3.05) is 6.54 Å². The van der Waals surface area contributed by atoms with Crippen molar-refractivity contribution in [3.8, 4) is 0 Å². The molecule has 14 heteroatoms. The number of alkyl halides is 3. The summed E-state index contributed by atoms with van der Waals surface area (Å²) in [6, 6.07) is 0. The number of ether oxygens (including phenoxy) is 1. The van der Waals surface area contributed by atoms with Gasteiger partial charge in [0.1, 0.15) is 11.8 Å². The van der Waals surface area contributed by atoms with E-state index in [9.17, 15) is 37.8 Å². The van der Waals surface area contributed by atoms with Crippen LogP contribution < -0.4 is 16.6 Å². The van der Waals surface area contributed by atoms with E-state index >= 15 is 0 Å². The molecule has 2 rings (SSSR count). The molecule has 0 radical (unpaired) electrons. The summed E-state index contributed by atoms with van der Waals surface area (Å²) in [5, 5.41) is 23.9. The lowest BCUT2D eigenvalue weighted by molar-refractivity contribution is -0.181. The van der Waals surface area contributed by atoms with Gasteiger partial charge in [-0.05, 0) is 17.0 Å². The van der Waals surface area contributed by atoms with Crippen molar-refractivity contribution in [2.45, 2.75) is 120 Å². The number of aromatic amines is 1. The maximum atomic E-state index is 13.3. The van der Waals surface area contributed by atoms with Gasteiger partial charge in [0.2, 0.25) is 0 Å². The smallest absolute Gasteiger partial charge is 0.393 e. The minimum atomic E-state index is -5.21. The number of hydrogen-bond donors (Lipinski definition) is 4. The maximum Gasteiger partial charge on any atom is 0.471 e. The van der Waals surface area contributed by atoms with Crippen LogP contribution in [-0.2, 0) is 9.53 Å². The fourth-order valence-electron chi connectivity index (χ4n) is 5.05. The zero-order valence-electron chi connectivity index (χ0n) is 24.8. The van der Waals surface area contributed by atoms with Crippen molar-refractivity contribution in [3.05, 3.63) is 32.6 Å². The molecular formula is C25H44F3N3O6Si2. The topological polar surface area (TPSA) is 134 Å². The van der Waals surface area contributed by atoms with Crippen molar-refractivity contribution in [1.82, 2.24) is 14.9 Å². The first-order valence-electron chi connectivity index (χ1n) is 12.9. The summed E-state index contributed by atoms with van der Waals surface area (Å²) in [6.45, 7) is 19.5. The number of hydrogen-bond acceptors (Lipinski definition) is 6. The Balaban J connectivity index is 2.96. The zero-order chi connectivity index (χ0) is 30.8. The molecule has 39 heavy (non-hydrogen) atoms. The number of aliphatic hydroxyl groups is 2. The second-order valence-electron chi connectivity index (χ2n) is 13.9. The van der Waals surface area contributed by atoms with E-state index in [1.54, 1.807) is 0 Å². The summed E-state index contributed by atoms with van der Waals surface area (Å²) in [5.74, 6) is -2.23. The summed E-state index contributed by atoms with van der Waals surface area (Å²) < 4.78 is 47.5. The number of halogens is 3. The van der Waals surface area contributed by atoms with Crippen molar-refractivity contribution < 1.29 is 32.9 Å². The number of H-pyrrole nitrogens is 1. The highest BCUT2D eigenvalue weighted by atomic mass is 28.3. The molecule has 1 fully saturated rings. The molecular weight excluding hydrogens is 551 g/mol. The summed E-state index contributed by atoms with van der Waals surface area (Å²) in [7, 11) is -6.03. The van der Waals surface area contributed by atoms with Crippen molar-refractivity contribution in [1.29, 1.82) is 0 Å². The lowest BCUT2D eigenvalue weighted by atomic mass is 9.95. The van der Waals surface area contributed by atoms with E-state index in [1.165, 1.54) is 13.1 Å². The number of carbonyl (C=O) groups is 1. The lowest BCUT2D eigenvalue weighted by Gasteiger charge is -2.58. The quantitative estimate of drug-likeness (QED) is 0.373. The van der Waals surface area contributed by atoms with Gasteiger partial charge in [0, 0.05) is 18.2 Å². The molecule has 4 N–H and O–H groups in total. The van der Waals surface area contributed by atoms with Crippen molar-refractivity contribution in [2.24, 2.45) is 0 Å². The molecule has 0 aromatic carbocycles. The van der Waals surface area contributed by atoms with Gasteiger partial charge in [-0.3, -0.25) is 19.1 Å². The largest absolute Gasteiger partial charge is 0.471 e. The van der Waals surface area contributed by atoms with E-state index < -0.39 is 78.9 Å². The Morgan fingerprint density at radius 2 is 1.67 bits per heavy atom. The molecule has 1 unspecified atom stereocenters. The van der Waals surface area contributed by atoms with Gasteiger partial charge in [0.15, 0.2) is 0 Å². The Kier molecular flexibility index (Phi) is 8.55. The van der Waals surface area contributed by atoms with E-state index in [0.29, 0.717) is 0 Å². The predicted octanol–water partition coefficient (Wildman–Crippen LogP) is 3.37. The van der Waals surface area contributed by atoms with Crippen LogP contribution in [0.2, 0.25) is 36.3 Å². The first kappa shape index (κ1) is 33.5. The van der Waals surface area contributed by atoms with Gasteiger partial charge in [-0.1, -0.05) is 67.7 Å². The van der Waals surface area contributed by atoms with E-state index in [-0.39, 0.29) is 12.0 Å². The number of aromatic nitrogens is 2. The third kappa shape index (κ3) is 5.46.